The third kappa shape index (κ3) is 8.15. The molecule has 0 aliphatic heterocycles. The number of allylic oxidation sites excluding steroid dienone is 2. The summed E-state index contributed by atoms with van der Waals surface area (Å²) in [4.78, 5) is 0. The van der Waals surface area contributed by atoms with Gasteiger partial charge in [0.05, 0.1) is 11.9 Å². The molecule has 0 aromatic carbocycles. The minimum atomic E-state index is 0.319. The van der Waals surface area contributed by atoms with Crippen LogP contribution >= 0.6 is 0 Å². The SMILES string of the molecule is CCCC/C=C(\CCCC)OC(C)C. The van der Waals surface area contributed by atoms with Crippen molar-refractivity contribution in [3.05, 3.63) is 11.8 Å². The fraction of sp³-hybridized carbons (Fsp3) is 0.846. The van der Waals surface area contributed by atoms with Crippen LogP contribution in [-0.2, 0) is 4.74 Å². The highest BCUT2D eigenvalue weighted by Gasteiger charge is 2.00. The van der Waals surface area contributed by atoms with Gasteiger partial charge in [0.15, 0.2) is 0 Å². The molecule has 0 aliphatic rings. The van der Waals surface area contributed by atoms with Gasteiger partial charge in [-0.3, -0.25) is 0 Å². The van der Waals surface area contributed by atoms with Crippen molar-refractivity contribution in [3.63, 3.8) is 0 Å². The second-order valence-electron chi connectivity index (χ2n) is 4.08. The summed E-state index contributed by atoms with van der Waals surface area (Å²) in [5, 5.41) is 0. The average Bonchev–Trinajstić information content (AvgIpc) is 2.13. The highest BCUT2D eigenvalue weighted by Crippen LogP contribution is 2.13. The fourth-order valence-corrected chi connectivity index (χ4v) is 1.33. The van der Waals surface area contributed by atoms with Crippen molar-refractivity contribution in [1.82, 2.24) is 0 Å². The Labute approximate surface area is 89.5 Å². The van der Waals surface area contributed by atoms with E-state index in [0.29, 0.717) is 6.10 Å². The van der Waals surface area contributed by atoms with Crippen molar-refractivity contribution in [2.45, 2.75) is 72.3 Å². The third-order valence-corrected chi connectivity index (χ3v) is 2.09. The van der Waals surface area contributed by atoms with Gasteiger partial charge in [0.25, 0.3) is 0 Å². The summed E-state index contributed by atoms with van der Waals surface area (Å²) < 4.78 is 5.76. The molecule has 0 heterocycles. The predicted octanol–water partition coefficient (Wildman–Crippen LogP) is 4.68. The second kappa shape index (κ2) is 9.11. The van der Waals surface area contributed by atoms with Gasteiger partial charge in [-0.2, -0.15) is 0 Å². The van der Waals surface area contributed by atoms with Crippen molar-refractivity contribution in [2.24, 2.45) is 0 Å². The Hall–Kier alpha value is -0.460. The smallest absolute Gasteiger partial charge is 0.0926 e. The summed E-state index contributed by atoms with van der Waals surface area (Å²) in [5.74, 6) is 1.20. The van der Waals surface area contributed by atoms with Gasteiger partial charge in [-0.05, 0) is 39.2 Å². The molecule has 0 saturated carbocycles. The lowest BCUT2D eigenvalue weighted by atomic mass is 10.1. The summed E-state index contributed by atoms with van der Waals surface area (Å²) in [6.45, 7) is 8.64. The van der Waals surface area contributed by atoms with Gasteiger partial charge in [-0.15, -0.1) is 0 Å². The molecule has 14 heavy (non-hydrogen) atoms. The minimum absolute atomic E-state index is 0.319. The Balaban J connectivity index is 3.88. The maximum absolute atomic E-state index is 5.76. The molecular weight excluding hydrogens is 172 g/mol. The molecule has 0 aromatic rings. The monoisotopic (exact) mass is 198 g/mol. The lowest BCUT2D eigenvalue weighted by Gasteiger charge is -2.13. The molecule has 0 N–H and O–H groups in total. The molecule has 0 amide bonds. The molecule has 1 heteroatoms. The van der Waals surface area contributed by atoms with Crippen LogP contribution < -0.4 is 0 Å². The molecule has 0 saturated heterocycles. The Morgan fingerprint density at radius 1 is 1.14 bits per heavy atom. The van der Waals surface area contributed by atoms with E-state index in [9.17, 15) is 0 Å². The van der Waals surface area contributed by atoms with Crippen molar-refractivity contribution in [2.75, 3.05) is 0 Å². The summed E-state index contributed by atoms with van der Waals surface area (Å²) >= 11 is 0. The standard InChI is InChI=1S/C13H26O/c1-5-7-9-11-13(10-8-6-2)14-12(3)4/h11-12H,5-10H2,1-4H3/b13-11+. The Morgan fingerprint density at radius 3 is 2.29 bits per heavy atom. The first-order valence-corrected chi connectivity index (χ1v) is 6.06. The van der Waals surface area contributed by atoms with Gasteiger partial charge < -0.3 is 4.74 Å². The largest absolute Gasteiger partial charge is 0.496 e. The van der Waals surface area contributed by atoms with Crippen LogP contribution in [0.1, 0.15) is 66.2 Å². The lowest BCUT2D eigenvalue weighted by Crippen LogP contribution is -2.02. The number of hydrogen-bond donors (Lipinski definition) is 0. The second-order valence-corrected chi connectivity index (χ2v) is 4.08. The number of ether oxygens (including phenoxy) is 1. The summed E-state index contributed by atoms with van der Waals surface area (Å²) in [5.41, 5.74) is 0. The molecule has 0 radical (unpaired) electrons. The van der Waals surface area contributed by atoms with Crippen LogP contribution in [0.2, 0.25) is 0 Å². The van der Waals surface area contributed by atoms with E-state index in [1.807, 2.05) is 0 Å². The van der Waals surface area contributed by atoms with Crippen LogP contribution in [-0.4, -0.2) is 6.10 Å². The molecule has 0 unspecified atom stereocenters. The number of rotatable bonds is 8. The first kappa shape index (κ1) is 13.5. The maximum atomic E-state index is 5.76. The molecule has 84 valence electrons. The molecule has 0 aliphatic carbocycles. The molecule has 0 fully saturated rings. The summed E-state index contributed by atoms with van der Waals surface area (Å²) in [7, 11) is 0. The fourth-order valence-electron chi connectivity index (χ4n) is 1.33. The number of unbranched alkanes of at least 4 members (excludes halogenated alkanes) is 3. The Morgan fingerprint density at radius 2 is 1.79 bits per heavy atom. The topological polar surface area (TPSA) is 9.23 Å². The molecule has 0 atom stereocenters. The van der Waals surface area contributed by atoms with Crippen LogP contribution in [0.25, 0.3) is 0 Å². The molecule has 0 spiro atoms. The predicted molar refractivity (Wildman–Crippen MR) is 63.4 cm³/mol. The zero-order valence-electron chi connectivity index (χ0n) is 10.3. The van der Waals surface area contributed by atoms with E-state index in [4.69, 9.17) is 4.74 Å². The van der Waals surface area contributed by atoms with Gasteiger partial charge in [0.2, 0.25) is 0 Å². The average molecular weight is 198 g/mol. The zero-order chi connectivity index (χ0) is 10.8. The van der Waals surface area contributed by atoms with Crippen molar-refractivity contribution in [1.29, 1.82) is 0 Å². The van der Waals surface area contributed by atoms with E-state index < -0.39 is 0 Å². The van der Waals surface area contributed by atoms with Gasteiger partial charge in [-0.25, -0.2) is 0 Å². The summed E-state index contributed by atoms with van der Waals surface area (Å²) in [6, 6.07) is 0. The summed E-state index contributed by atoms with van der Waals surface area (Å²) in [6.07, 6.45) is 9.90. The molecule has 0 aromatic heterocycles. The number of hydrogen-bond acceptors (Lipinski definition) is 1. The quantitative estimate of drug-likeness (QED) is 0.406. The van der Waals surface area contributed by atoms with Gasteiger partial charge in [0, 0.05) is 6.42 Å². The van der Waals surface area contributed by atoms with E-state index in [2.05, 4.69) is 33.8 Å². The van der Waals surface area contributed by atoms with Gasteiger partial charge in [0.1, 0.15) is 0 Å². The maximum Gasteiger partial charge on any atom is 0.0926 e. The molecular formula is C13H26O. The van der Waals surface area contributed by atoms with Crippen LogP contribution in [0.5, 0.6) is 0 Å². The van der Waals surface area contributed by atoms with Crippen LogP contribution in [0.3, 0.4) is 0 Å². The van der Waals surface area contributed by atoms with Gasteiger partial charge >= 0.3 is 0 Å². The van der Waals surface area contributed by atoms with E-state index in [1.165, 1.54) is 37.9 Å². The normalized spacial score (nSPS) is 12.2. The van der Waals surface area contributed by atoms with E-state index in [-0.39, 0.29) is 0 Å². The first-order valence-electron chi connectivity index (χ1n) is 6.06. The van der Waals surface area contributed by atoms with Crippen molar-refractivity contribution in [3.8, 4) is 0 Å². The molecule has 1 nitrogen and oxygen atoms in total. The highest BCUT2D eigenvalue weighted by molar-refractivity contribution is 4.93. The first-order chi connectivity index (χ1) is 6.70. The van der Waals surface area contributed by atoms with Crippen LogP contribution in [0.4, 0.5) is 0 Å². The van der Waals surface area contributed by atoms with E-state index in [0.717, 1.165) is 6.42 Å². The Kier molecular flexibility index (Phi) is 8.81. The van der Waals surface area contributed by atoms with E-state index in [1.54, 1.807) is 0 Å². The van der Waals surface area contributed by atoms with Crippen LogP contribution in [0, 0.1) is 0 Å². The van der Waals surface area contributed by atoms with Crippen LogP contribution in [0.15, 0.2) is 11.8 Å². The molecule has 0 rings (SSSR count). The third-order valence-electron chi connectivity index (χ3n) is 2.09. The van der Waals surface area contributed by atoms with Crippen molar-refractivity contribution < 1.29 is 4.74 Å². The molecule has 0 bridgehead atoms. The van der Waals surface area contributed by atoms with Crippen molar-refractivity contribution >= 4 is 0 Å². The lowest BCUT2D eigenvalue weighted by molar-refractivity contribution is 0.137. The van der Waals surface area contributed by atoms with Gasteiger partial charge in [-0.1, -0.05) is 26.7 Å². The van der Waals surface area contributed by atoms with E-state index >= 15 is 0 Å². The Bertz CT molecular complexity index is 147. The zero-order valence-corrected chi connectivity index (χ0v) is 10.3. The highest BCUT2D eigenvalue weighted by atomic mass is 16.5. The minimum Gasteiger partial charge on any atom is -0.496 e.